The number of anilines is 1. The van der Waals surface area contributed by atoms with Crippen molar-refractivity contribution in [3.05, 3.63) is 29.3 Å². The molecular formula is C15H23N3. The Hall–Kier alpha value is -1.53. The molecule has 0 amide bonds. The van der Waals surface area contributed by atoms with Crippen LogP contribution >= 0.6 is 0 Å². The topological polar surface area (TPSA) is 39.1 Å². The molecule has 0 fully saturated rings. The molecule has 0 aliphatic carbocycles. The molecule has 1 aromatic carbocycles. The van der Waals surface area contributed by atoms with Crippen molar-refractivity contribution in [3.63, 3.8) is 0 Å². The summed E-state index contributed by atoms with van der Waals surface area (Å²) in [6.45, 7) is 6.21. The molecule has 1 rings (SSSR count). The Morgan fingerprint density at radius 2 is 2.17 bits per heavy atom. The molecule has 3 nitrogen and oxygen atoms in total. The van der Waals surface area contributed by atoms with Crippen LogP contribution in [-0.4, -0.2) is 20.6 Å². The summed E-state index contributed by atoms with van der Waals surface area (Å²) < 4.78 is 0. The van der Waals surface area contributed by atoms with Gasteiger partial charge < -0.3 is 10.2 Å². The molecule has 0 heterocycles. The standard InChI is InChI=1S/C15H23N3/c1-5-12(2)11-18(4)15-7-6-13(10-17-3)8-14(15)9-16/h6-8,12,17H,5,10-11H2,1-4H3. The molecule has 0 aliphatic rings. The third-order valence-corrected chi connectivity index (χ3v) is 3.26. The molecule has 1 atom stereocenters. The maximum absolute atomic E-state index is 9.25. The van der Waals surface area contributed by atoms with Gasteiger partial charge in [0, 0.05) is 20.1 Å². The van der Waals surface area contributed by atoms with Gasteiger partial charge in [-0.05, 0) is 30.7 Å². The summed E-state index contributed by atoms with van der Waals surface area (Å²) >= 11 is 0. The van der Waals surface area contributed by atoms with Crippen LogP contribution in [0.4, 0.5) is 5.69 Å². The summed E-state index contributed by atoms with van der Waals surface area (Å²) in [5, 5.41) is 12.4. The number of hydrogen-bond donors (Lipinski definition) is 1. The molecule has 0 radical (unpaired) electrons. The molecule has 0 saturated heterocycles. The third kappa shape index (κ3) is 3.75. The Morgan fingerprint density at radius 1 is 1.44 bits per heavy atom. The Balaban J connectivity index is 2.91. The lowest BCUT2D eigenvalue weighted by atomic mass is 10.1. The van der Waals surface area contributed by atoms with E-state index in [1.807, 2.05) is 19.2 Å². The Bertz CT molecular complexity index is 420. The second-order valence-corrected chi connectivity index (χ2v) is 4.89. The Kier molecular flexibility index (Phi) is 5.67. The average molecular weight is 245 g/mol. The summed E-state index contributed by atoms with van der Waals surface area (Å²) in [6.07, 6.45) is 1.16. The van der Waals surface area contributed by atoms with Crippen LogP contribution in [0.3, 0.4) is 0 Å². The van der Waals surface area contributed by atoms with Gasteiger partial charge in [-0.2, -0.15) is 5.26 Å². The van der Waals surface area contributed by atoms with E-state index in [0.29, 0.717) is 5.92 Å². The Morgan fingerprint density at radius 3 is 2.72 bits per heavy atom. The van der Waals surface area contributed by atoms with Gasteiger partial charge in [-0.3, -0.25) is 0 Å². The number of nitrogens with zero attached hydrogens (tertiary/aromatic N) is 2. The number of nitriles is 1. The van der Waals surface area contributed by atoms with Crippen LogP contribution in [0.5, 0.6) is 0 Å². The van der Waals surface area contributed by atoms with Crippen LogP contribution in [0, 0.1) is 17.2 Å². The van der Waals surface area contributed by atoms with Crippen molar-refractivity contribution in [1.82, 2.24) is 5.32 Å². The predicted octanol–water partition coefficient (Wildman–Crippen LogP) is 2.76. The van der Waals surface area contributed by atoms with Gasteiger partial charge in [-0.25, -0.2) is 0 Å². The number of hydrogen-bond acceptors (Lipinski definition) is 3. The molecule has 1 N–H and O–H groups in total. The lowest BCUT2D eigenvalue weighted by Gasteiger charge is -2.24. The van der Waals surface area contributed by atoms with Gasteiger partial charge in [0.2, 0.25) is 0 Å². The normalized spacial score (nSPS) is 11.9. The first-order valence-corrected chi connectivity index (χ1v) is 6.51. The smallest absolute Gasteiger partial charge is 0.101 e. The minimum atomic E-state index is 0.638. The highest BCUT2D eigenvalue weighted by atomic mass is 15.1. The monoisotopic (exact) mass is 245 g/mol. The van der Waals surface area contributed by atoms with Crippen molar-refractivity contribution in [3.8, 4) is 6.07 Å². The highest BCUT2D eigenvalue weighted by Gasteiger charge is 2.10. The van der Waals surface area contributed by atoms with Gasteiger partial charge in [0.25, 0.3) is 0 Å². The van der Waals surface area contributed by atoms with Gasteiger partial charge in [-0.1, -0.05) is 26.3 Å². The highest BCUT2D eigenvalue weighted by Crippen LogP contribution is 2.21. The molecule has 0 saturated carbocycles. The van der Waals surface area contributed by atoms with E-state index >= 15 is 0 Å². The minimum absolute atomic E-state index is 0.638. The van der Waals surface area contributed by atoms with E-state index in [1.165, 1.54) is 0 Å². The number of nitrogens with one attached hydrogen (secondary N) is 1. The van der Waals surface area contributed by atoms with Crippen molar-refractivity contribution in [2.75, 3.05) is 25.5 Å². The molecule has 98 valence electrons. The predicted molar refractivity (Wildman–Crippen MR) is 76.6 cm³/mol. The fraction of sp³-hybridized carbons (Fsp3) is 0.533. The lowest BCUT2D eigenvalue weighted by molar-refractivity contribution is 0.559. The zero-order valence-electron chi connectivity index (χ0n) is 11.8. The first-order valence-electron chi connectivity index (χ1n) is 6.51. The van der Waals surface area contributed by atoms with E-state index in [1.54, 1.807) is 0 Å². The molecule has 0 aliphatic heterocycles. The van der Waals surface area contributed by atoms with Crippen LogP contribution in [0.25, 0.3) is 0 Å². The summed E-state index contributed by atoms with van der Waals surface area (Å²) in [6, 6.07) is 8.40. The second kappa shape index (κ2) is 7.03. The van der Waals surface area contributed by atoms with Gasteiger partial charge >= 0.3 is 0 Å². The molecule has 1 aromatic rings. The summed E-state index contributed by atoms with van der Waals surface area (Å²) in [5.41, 5.74) is 2.93. The number of rotatable bonds is 6. The molecule has 18 heavy (non-hydrogen) atoms. The molecule has 0 spiro atoms. The van der Waals surface area contributed by atoms with Crippen LogP contribution < -0.4 is 10.2 Å². The first-order chi connectivity index (χ1) is 8.62. The summed E-state index contributed by atoms with van der Waals surface area (Å²) in [7, 11) is 3.97. The van der Waals surface area contributed by atoms with E-state index < -0.39 is 0 Å². The van der Waals surface area contributed by atoms with Crippen LogP contribution in [0.2, 0.25) is 0 Å². The van der Waals surface area contributed by atoms with E-state index in [0.717, 1.165) is 36.3 Å². The minimum Gasteiger partial charge on any atom is -0.373 e. The van der Waals surface area contributed by atoms with Crippen molar-refractivity contribution in [2.45, 2.75) is 26.8 Å². The van der Waals surface area contributed by atoms with E-state index in [9.17, 15) is 5.26 Å². The van der Waals surface area contributed by atoms with Crippen LogP contribution in [0.15, 0.2) is 18.2 Å². The molecule has 1 unspecified atom stereocenters. The van der Waals surface area contributed by atoms with Crippen molar-refractivity contribution in [2.24, 2.45) is 5.92 Å². The Labute approximate surface area is 110 Å². The maximum Gasteiger partial charge on any atom is 0.101 e. The average Bonchev–Trinajstić information content (AvgIpc) is 2.38. The summed E-state index contributed by atoms with van der Waals surface area (Å²) in [5.74, 6) is 0.638. The quantitative estimate of drug-likeness (QED) is 0.837. The van der Waals surface area contributed by atoms with E-state index in [-0.39, 0.29) is 0 Å². The summed E-state index contributed by atoms with van der Waals surface area (Å²) in [4.78, 5) is 2.18. The fourth-order valence-corrected chi connectivity index (χ4v) is 2.01. The van der Waals surface area contributed by atoms with Crippen LogP contribution in [0.1, 0.15) is 31.4 Å². The van der Waals surface area contributed by atoms with E-state index in [4.69, 9.17) is 0 Å². The van der Waals surface area contributed by atoms with Gasteiger partial charge in [-0.15, -0.1) is 0 Å². The zero-order valence-corrected chi connectivity index (χ0v) is 11.8. The fourth-order valence-electron chi connectivity index (χ4n) is 2.01. The molecule has 0 aromatic heterocycles. The van der Waals surface area contributed by atoms with Crippen molar-refractivity contribution < 1.29 is 0 Å². The van der Waals surface area contributed by atoms with Crippen molar-refractivity contribution >= 4 is 5.69 Å². The lowest BCUT2D eigenvalue weighted by Crippen LogP contribution is -2.24. The molecule has 0 bridgehead atoms. The van der Waals surface area contributed by atoms with Crippen LogP contribution in [-0.2, 0) is 6.54 Å². The third-order valence-electron chi connectivity index (χ3n) is 3.26. The number of benzene rings is 1. The maximum atomic E-state index is 9.25. The van der Waals surface area contributed by atoms with Crippen molar-refractivity contribution in [1.29, 1.82) is 5.26 Å². The SMILES string of the molecule is CCC(C)CN(C)c1ccc(CNC)cc1C#N. The van der Waals surface area contributed by atoms with Gasteiger partial charge in [0.15, 0.2) is 0 Å². The molecular weight excluding hydrogens is 222 g/mol. The second-order valence-electron chi connectivity index (χ2n) is 4.89. The van der Waals surface area contributed by atoms with Gasteiger partial charge in [0.05, 0.1) is 11.3 Å². The first kappa shape index (κ1) is 14.5. The van der Waals surface area contributed by atoms with Gasteiger partial charge in [0.1, 0.15) is 6.07 Å². The molecule has 3 heteroatoms. The highest BCUT2D eigenvalue weighted by molar-refractivity contribution is 5.60. The van der Waals surface area contributed by atoms with E-state index in [2.05, 4.69) is 43.2 Å². The largest absolute Gasteiger partial charge is 0.373 e. The zero-order chi connectivity index (χ0) is 13.5.